The quantitative estimate of drug-likeness (QED) is 0.671. The molecule has 1 atom stereocenters. The van der Waals surface area contributed by atoms with Gasteiger partial charge in [-0.15, -0.1) is 0 Å². The van der Waals surface area contributed by atoms with Crippen LogP contribution in [0.1, 0.15) is 25.7 Å². The molecule has 3 nitrogen and oxygen atoms in total. The number of hydrogen-bond donors (Lipinski definition) is 2. The van der Waals surface area contributed by atoms with Gasteiger partial charge < -0.3 is 15.2 Å². The largest absolute Gasteiger partial charge is 0.392 e. The molecule has 0 radical (unpaired) electrons. The fourth-order valence-corrected chi connectivity index (χ4v) is 1.84. The minimum atomic E-state index is -0.108. The van der Waals surface area contributed by atoms with Crippen LogP contribution in [0, 0.1) is 5.92 Å². The Kier molecular flexibility index (Phi) is 3.19. The third kappa shape index (κ3) is 2.93. The first-order valence-corrected chi connectivity index (χ1v) is 5.35. The predicted octanol–water partition coefficient (Wildman–Crippen LogP) is 0.526. The average molecular weight is 185 g/mol. The van der Waals surface area contributed by atoms with Crippen molar-refractivity contribution in [1.82, 2.24) is 5.32 Å². The van der Waals surface area contributed by atoms with E-state index in [0.717, 1.165) is 32.6 Å². The van der Waals surface area contributed by atoms with Crippen molar-refractivity contribution in [3.63, 3.8) is 0 Å². The lowest BCUT2D eigenvalue weighted by molar-refractivity contribution is 0.0705. The van der Waals surface area contributed by atoms with Crippen LogP contribution in [-0.4, -0.2) is 37.0 Å². The lowest BCUT2D eigenvalue weighted by atomic mass is 10.1. The smallest absolute Gasteiger partial charge is 0.0692 e. The van der Waals surface area contributed by atoms with Crippen LogP contribution in [0.5, 0.6) is 0 Å². The van der Waals surface area contributed by atoms with E-state index in [9.17, 15) is 5.11 Å². The van der Waals surface area contributed by atoms with E-state index in [1.807, 2.05) is 0 Å². The van der Waals surface area contributed by atoms with E-state index in [-0.39, 0.29) is 6.10 Å². The summed E-state index contributed by atoms with van der Waals surface area (Å²) in [4.78, 5) is 0. The summed E-state index contributed by atoms with van der Waals surface area (Å²) in [7, 11) is 0. The summed E-state index contributed by atoms with van der Waals surface area (Å²) in [6.45, 7) is 2.52. The van der Waals surface area contributed by atoms with Crippen molar-refractivity contribution in [3.05, 3.63) is 0 Å². The molecule has 0 amide bonds. The fourth-order valence-electron chi connectivity index (χ4n) is 1.84. The summed E-state index contributed by atoms with van der Waals surface area (Å²) in [5.41, 5.74) is 0. The van der Waals surface area contributed by atoms with Crippen molar-refractivity contribution < 1.29 is 9.84 Å². The Balaban J connectivity index is 1.60. The molecule has 2 fully saturated rings. The Labute approximate surface area is 79.5 Å². The van der Waals surface area contributed by atoms with Crippen molar-refractivity contribution in [3.8, 4) is 0 Å². The molecule has 76 valence electrons. The summed E-state index contributed by atoms with van der Waals surface area (Å²) in [6, 6.07) is 0.571. The van der Waals surface area contributed by atoms with E-state index in [4.69, 9.17) is 4.74 Å². The number of rotatable bonds is 4. The normalized spacial score (nSPS) is 27.5. The Morgan fingerprint density at radius 3 is 2.54 bits per heavy atom. The van der Waals surface area contributed by atoms with Crippen LogP contribution in [-0.2, 0) is 4.74 Å². The molecule has 2 rings (SSSR count). The summed E-state index contributed by atoms with van der Waals surface area (Å²) < 4.78 is 5.26. The first kappa shape index (κ1) is 9.44. The van der Waals surface area contributed by atoms with Crippen molar-refractivity contribution in [2.45, 2.75) is 37.8 Å². The summed E-state index contributed by atoms with van der Waals surface area (Å²) >= 11 is 0. The van der Waals surface area contributed by atoms with Gasteiger partial charge in [0, 0.05) is 25.8 Å². The second-order valence-corrected chi connectivity index (χ2v) is 4.20. The van der Waals surface area contributed by atoms with Gasteiger partial charge in [0.15, 0.2) is 0 Å². The molecule has 0 aromatic rings. The maximum Gasteiger partial charge on any atom is 0.0692 e. The van der Waals surface area contributed by atoms with Gasteiger partial charge in [-0.05, 0) is 31.6 Å². The number of hydrogen-bond acceptors (Lipinski definition) is 3. The first-order valence-electron chi connectivity index (χ1n) is 5.35. The van der Waals surface area contributed by atoms with Gasteiger partial charge in [-0.1, -0.05) is 0 Å². The highest BCUT2D eigenvalue weighted by atomic mass is 16.5. The predicted molar refractivity (Wildman–Crippen MR) is 50.6 cm³/mol. The van der Waals surface area contributed by atoms with E-state index < -0.39 is 0 Å². The van der Waals surface area contributed by atoms with Crippen molar-refractivity contribution in [2.24, 2.45) is 5.92 Å². The van der Waals surface area contributed by atoms with Crippen LogP contribution in [0.2, 0.25) is 0 Å². The number of aliphatic hydroxyl groups excluding tert-OH is 1. The van der Waals surface area contributed by atoms with E-state index in [2.05, 4.69) is 5.32 Å². The highest BCUT2D eigenvalue weighted by Crippen LogP contribution is 2.32. The van der Waals surface area contributed by atoms with Gasteiger partial charge in [-0.25, -0.2) is 0 Å². The molecule has 0 aromatic carbocycles. The van der Waals surface area contributed by atoms with Gasteiger partial charge in [-0.2, -0.15) is 0 Å². The molecular formula is C10H19NO2. The molecule has 3 heteroatoms. The average Bonchev–Trinajstić information content (AvgIpc) is 2.99. The summed E-state index contributed by atoms with van der Waals surface area (Å²) in [5.74, 6) is 0.590. The van der Waals surface area contributed by atoms with Crippen molar-refractivity contribution >= 4 is 0 Å². The zero-order valence-electron chi connectivity index (χ0n) is 8.04. The second kappa shape index (κ2) is 4.40. The van der Waals surface area contributed by atoms with E-state index in [1.54, 1.807) is 0 Å². The Bertz CT molecular complexity index is 153. The number of nitrogens with one attached hydrogen (secondary N) is 1. The second-order valence-electron chi connectivity index (χ2n) is 4.20. The number of ether oxygens (including phenoxy) is 1. The SMILES string of the molecule is OC(CNC1CCOCC1)C1CC1. The molecule has 2 N–H and O–H groups in total. The maximum absolute atomic E-state index is 9.63. The molecule has 0 bridgehead atoms. The van der Waals surface area contributed by atoms with Crippen LogP contribution in [0.25, 0.3) is 0 Å². The van der Waals surface area contributed by atoms with Crippen LogP contribution >= 0.6 is 0 Å². The maximum atomic E-state index is 9.63. The van der Waals surface area contributed by atoms with Gasteiger partial charge in [0.05, 0.1) is 6.10 Å². The van der Waals surface area contributed by atoms with E-state index in [0.29, 0.717) is 12.0 Å². The minimum absolute atomic E-state index is 0.108. The molecule has 2 aliphatic rings. The molecule has 1 aliphatic heterocycles. The van der Waals surface area contributed by atoms with E-state index in [1.165, 1.54) is 12.8 Å². The van der Waals surface area contributed by atoms with Crippen LogP contribution in [0.15, 0.2) is 0 Å². The topological polar surface area (TPSA) is 41.5 Å². The summed E-state index contributed by atoms with van der Waals surface area (Å²) in [5, 5.41) is 13.0. The van der Waals surface area contributed by atoms with Crippen molar-refractivity contribution in [2.75, 3.05) is 19.8 Å². The summed E-state index contributed by atoms with van der Waals surface area (Å²) in [6.07, 6.45) is 4.52. The lowest BCUT2D eigenvalue weighted by Gasteiger charge is -2.24. The minimum Gasteiger partial charge on any atom is -0.392 e. The number of aliphatic hydroxyl groups is 1. The molecule has 1 aliphatic carbocycles. The standard InChI is InChI=1S/C10H19NO2/c12-10(8-1-2-8)7-11-9-3-5-13-6-4-9/h8-12H,1-7H2. The molecule has 0 aromatic heterocycles. The highest BCUT2D eigenvalue weighted by molar-refractivity contribution is 4.83. The highest BCUT2D eigenvalue weighted by Gasteiger charge is 2.29. The van der Waals surface area contributed by atoms with Gasteiger partial charge in [0.2, 0.25) is 0 Å². The van der Waals surface area contributed by atoms with Gasteiger partial charge in [0.25, 0.3) is 0 Å². The first-order chi connectivity index (χ1) is 6.36. The molecule has 1 unspecified atom stereocenters. The monoisotopic (exact) mass is 185 g/mol. The zero-order valence-corrected chi connectivity index (χ0v) is 8.04. The van der Waals surface area contributed by atoms with Gasteiger partial charge in [0.1, 0.15) is 0 Å². The Morgan fingerprint density at radius 2 is 1.92 bits per heavy atom. The van der Waals surface area contributed by atoms with Crippen LogP contribution in [0.3, 0.4) is 0 Å². The molecule has 0 spiro atoms. The molecular weight excluding hydrogens is 166 g/mol. The van der Waals surface area contributed by atoms with Gasteiger partial charge >= 0.3 is 0 Å². The van der Waals surface area contributed by atoms with E-state index >= 15 is 0 Å². The van der Waals surface area contributed by atoms with Crippen LogP contribution in [0.4, 0.5) is 0 Å². The molecule has 1 saturated heterocycles. The third-order valence-electron chi connectivity index (χ3n) is 3.00. The van der Waals surface area contributed by atoms with Gasteiger partial charge in [-0.3, -0.25) is 0 Å². The fraction of sp³-hybridized carbons (Fsp3) is 1.00. The van der Waals surface area contributed by atoms with Crippen molar-refractivity contribution in [1.29, 1.82) is 0 Å². The zero-order chi connectivity index (χ0) is 9.10. The molecule has 13 heavy (non-hydrogen) atoms. The molecule has 1 heterocycles. The van der Waals surface area contributed by atoms with Crippen LogP contribution < -0.4 is 5.32 Å². The third-order valence-corrected chi connectivity index (χ3v) is 3.00. The Hall–Kier alpha value is -0.120. The molecule has 1 saturated carbocycles. The lowest BCUT2D eigenvalue weighted by Crippen LogP contribution is -2.39. The Morgan fingerprint density at radius 1 is 1.23 bits per heavy atom.